The highest BCUT2D eigenvalue weighted by atomic mass is 79.9. The van der Waals surface area contributed by atoms with E-state index in [4.69, 9.17) is 4.74 Å². The highest BCUT2D eigenvalue weighted by Gasteiger charge is 2.09. The number of rotatable bonds is 5. The van der Waals surface area contributed by atoms with Crippen molar-refractivity contribution >= 4 is 15.9 Å². The van der Waals surface area contributed by atoms with E-state index in [1.807, 2.05) is 6.07 Å². The molecule has 2 nitrogen and oxygen atoms in total. The molecule has 0 saturated heterocycles. The zero-order valence-corrected chi connectivity index (χ0v) is 14.1. The van der Waals surface area contributed by atoms with Crippen LogP contribution in [0.25, 0.3) is 0 Å². The largest absolute Gasteiger partial charge is 0.488 e. The van der Waals surface area contributed by atoms with Gasteiger partial charge in [0.05, 0.1) is 4.47 Å². The summed E-state index contributed by atoms with van der Waals surface area (Å²) in [5.41, 5.74) is 2.64. The molecule has 0 aliphatic rings. The number of hydrogen-bond acceptors (Lipinski definition) is 2. The molecular weight excluding hydrogens is 302 g/mol. The predicted molar refractivity (Wildman–Crippen MR) is 85.7 cm³/mol. The third-order valence-electron chi connectivity index (χ3n) is 2.55. The summed E-state index contributed by atoms with van der Waals surface area (Å²) in [6, 6.07) is 6.22. The maximum Gasteiger partial charge on any atom is 0.133 e. The van der Waals surface area contributed by atoms with E-state index in [0.717, 1.165) is 16.8 Å². The topological polar surface area (TPSA) is 21.3 Å². The lowest BCUT2D eigenvalue weighted by Gasteiger charge is -2.20. The van der Waals surface area contributed by atoms with Crippen molar-refractivity contribution in [2.24, 2.45) is 0 Å². The molecular formula is C16H24BrNO. The number of nitrogens with one attached hydrogen (secondary N) is 1. The summed E-state index contributed by atoms with van der Waals surface area (Å²) in [5, 5.41) is 3.47. The lowest BCUT2D eigenvalue weighted by atomic mass is 10.1. The highest BCUT2D eigenvalue weighted by Crippen LogP contribution is 2.26. The van der Waals surface area contributed by atoms with Crippen molar-refractivity contribution in [1.82, 2.24) is 5.32 Å². The van der Waals surface area contributed by atoms with Gasteiger partial charge in [-0.05, 0) is 74.3 Å². The number of halogens is 1. The van der Waals surface area contributed by atoms with Crippen LogP contribution in [-0.2, 0) is 6.54 Å². The van der Waals surface area contributed by atoms with Crippen LogP contribution in [0.3, 0.4) is 0 Å². The van der Waals surface area contributed by atoms with E-state index in [1.165, 1.54) is 11.1 Å². The third kappa shape index (κ3) is 6.79. The Morgan fingerprint density at radius 1 is 1.32 bits per heavy atom. The van der Waals surface area contributed by atoms with Crippen molar-refractivity contribution in [3.63, 3.8) is 0 Å². The second kappa shape index (κ2) is 7.11. The molecule has 0 amide bonds. The first kappa shape index (κ1) is 16.3. The number of allylic oxidation sites excluding steroid dienone is 1. The van der Waals surface area contributed by atoms with Gasteiger partial charge in [-0.1, -0.05) is 11.6 Å². The van der Waals surface area contributed by atoms with Crippen LogP contribution in [-0.4, -0.2) is 12.1 Å². The van der Waals surface area contributed by atoms with E-state index in [-0.39, 0.29) is 5.54 Å². The molecule has 1 N–H and O–H groups in total. The van der Waals surface area contributed by atoms with Crippen LogP contribution in [0.5, 0.6) is 5.75 Å². The van der Waals surface area contributed by atoms with E-state index in [1.54, 1.807) is 0 Å². The molecule has 0 saturated carbocycles. The lowest BCUT2D eigenvalue weighted by Crippen LogP contribution is -2.35. The zero-order valence-electron chi connectivity index (χ0n) is 12.5. The van der Waals surface area contributed by atoms with Gasteiger partial charge >= 0.3 is 0 Å². The Balaban J connectivity index is 2.61. The van der Waals surface area contributed by atoms with E-state index in [9.17, 15) is 0 Å². The molecule has 106 valence electrons. The van der Waals surface area contributed by atoms with Gasteiger partial charge in [0.1, 0.15) is 12.4 Å². The fourth-order valence-corrected chi connectivity index (χ4v) is 1.98. The van der Waals surface area contributed by atoms with Gasteiger partial charge in [-0.15, -0.1) is 0 Å². The number of benzene rings is 1. The van der Waals surface area contributed by atoms with Crippen LogP contribution in [0.15, 0.2) is 34.3 Å². The summed E-state index contributed by atoms with van der Waals surface area (Å²) < 4.78 is 6.71. The van der Waals surface area contributed by atoms with Crippen LogP contribution >= 0.6 is 15.9 Å². The molecule has 0 bridgehead atoms. The maximum atomic E-state index is 5.70. The molecule has 3 heteroatoms. The molecule has 1 aromatic rings. The van der Waals surface area contributed by atoms with Crippen LogP contribution in [0.1, 0.15) is 40.2 Å². The molecule has 0 aliphatic carbocycles. The first-order valence-electron chi connectivity index (χ1n) is 6.57. The van der Waals surface area contributed by atoms with E-state index < -0.39 is 0 Å². The first-order valence-corrected chi connectivity index (χ1v) is 7.37. The maximum absolute atomic E-state index is 5.70. The van der Waals surface area contributed by atoms with Crippen molar-refractivity contribution < 1.29 is 4.74 Å². The van der Waals surface area contributed by atoms with Gasteiger partial charge < -0.3 is 10.1 Å². The molecule has 19 heavy (non-hydrogen) atoms. The SMILES string of the molecule is CC(C)=CCOc1ccc(CNC(C)(C)C)cc1Br. The van der Waals surface area contributed by atoms with Crippen LogP contribution in [0, 0.1) is 0 Å². The second-order valence-corrected chi connectivity index (χ2v) is 6.82. The van der Waals surface area contributed by atoms with Gasteiger partial charge in [-0.25, -0.2) is 0 Å². The number of hydrogen-bond donors (Lipinski definition) is 1. The summed E-state index contributed by atoms with van der Waals surface area (Å²) >= 11 is 3.56. The molecule has 0 aliphatic heterocycles. The van der Waals surface area contributed by atoms with Crippen LogP contribution in [0.4, 0.5) is 0 Å². The van der Waals surface area contributed by atoms with Crippen molar-refractivity contribution in [3.05, 3.63) is 39.9 Å². The van der Waals surface area contributed by atoms with Crippen molar-refractivity contribution in [1.29, 1.82) is 0 Å². The smallest absolute Gasteiger partial charge is 0.133 e. The Morgan fingerprint density at radius 2 is 2.00 bits per heavy atom. The Morgan fingerprint density at radius 3 is 2.53 bits per heavy atom. The Labute approximate surface area is 125 Å². The molecule has 0 atom stereocenters. The third-order valence-corrected chi connectivity index (χ3v) is 3.17. The minimum Gasteiger partial charge on any atom is -0.488 e. The first-order chi connectivity index (χ1) is 8.78. The van der Waals surface area contributed by atoms with Crippen LogP contribution in [0.2, 0.25) is 0 Å². The van der Waals surface area contributed by atoms with Gasteiger partial charge in [-0.2, -0.15) is 0 Å². The minimum absolute atomic E-state index is 0.130. The van der Waals surface area contributed by atoms with Gasteiger partial charge in [-0.3, -0.25) is 0 Å². The van der Waals surface area contributed by atoms with Crippen molar-refractivity contribution in [3.8, 4) is 5.75 Å². The monoisotopic (exact) mass is 325 g/mol. The Bertz CT molecular complexity index is 443. The van der Waals surface area contributed by atoms with Crippen LogP contribution < -0.4 is 10.1 Å². The van der Waals surface area contributed by atoms with Crippen molar-refractivity contribution in [2.75, 3.05) is 6.61 Å². The summed E-state index contributed by atoms with van der Waals surface area (Å²) in [6.45, 7) is 12.1. The number of ether oxygens (including phenoxy) is 1. The van der Waals surface area contributed by atoms with E-state index in [2.05, 4.69) is 74.1 Å². The fraction of sp³-hybridized carbons (Fsp3) is 0.500. The second-order valence-electron chi connectivity index (χ2n) is 5.96. The normalized spacial score (nSPS) is 11.3. The van der Waals surface area contributed by atoms with E-state index in [0.29, 0.717) is 6.61 Å². The molecule has 0 heterocycles. The molecule has 1 rings (SSSR count). The summed E-state index contributed by atoms with van der Waals surface area (Å²) in [5.74, 6) is 0.886. The predicted octanol–water partition coefficient (Wildman–Crippen LogP) is 4.68. The average molecular weight is 326 g/mol. The summed E-state index contributed by atoms with van der Waals surface area (Å²) in [7, 11) is 0. The minimum atomic E-state index is 0.130. The fourth-order valence-electron chi connectivity index (χ4n) is 1.44. The van der Waals surface area contributed by atoms with E-state index >= 15 is 0 Å². The van der Waals surface area contributed by atoms with Gasteiger partial charge in [0.25, 0.3) is 0 Å². The molecule has 0 spiro atoms. The van der Waals surface area contributed by atoms with Crippen molar-refractivity contribution in [2.45, 2.75) is 46.7 Å². The van der Waals surface area contributed by atoms with Gasteiger partial charge in [0, 0.05) is 12.1 Å². The molecule has 0 aromatic heterocycles. The lowest BCUT2D eigenvalue weighted by molar-refractivity contribution is 0.359. The van der Waals surface area contributed by atoms with Gasteiger partial charge in [0.15, 0.2) is 0 Å². The molecule has 0 fully saturated rings. The summed E-state index contributed by atoms with van der Waals surface area (Å²) in [4.78, 5) is 0. The van der Waals surface area contributed by atoms with Gasteiger partial charge in [0.2, 0.25) is 0 Å². The molecule has 1 aromatic carbocycles. The quantitative estimate of drug-likeness (QED) is 0.793. The zero-order chi connectivity index (χ0) is 14.5. The highest BCUT2D eigenvalue weighted by molar-refractivity contribution is 9.10. The standard InChI is InChI=1S/C16H24BrNO/c1-12(2)8-9-19-15-7-6-13(10-14(15)17)11-18-16(3,4)5/h6-8,10,18H,9,11H2,1-5H3. The summed E-state index contributed by atoms with van der Waals surface area (Å²) in [6.07, 6.45) is 2.07. The molecule has 0 unspecified atom stereocenters. The Kier molecular flexibility index (Phi) is 6.08. The average Bonchev–Trinajstić information content (AvgIpc) is 2.27. The molecule has 0 radical (unpaired) electrons. The Hall–Kier alpha value is -0.800.